The number of ether oxygens (including phenoxy) is 1. The topological polar surface area (TPSA) is 96.6 Å². The summed E-state index contributed by atoms with van der Waals surface area (Å²) >= 11 is 0. The molecule has 1 fully saturated rings. The second kappa shape index (κ2) is 8.73. The van der Waals surface area contributed by atoms with Crippen LogP contribution < -0.4 is 16.0 Å². The summed E-state index contributed by atoms with van der Waals surface area (Å²) in [6, 6.07) is 10.2. The van der Waals surface area contributed by atoms with Crippen LogP contribution in [-0.4, -0.2) is 71.8 Å². The molecule has 158 valence electrons. The number of H-pyrrole nitrogens is 1. The summed E-state index contributed by atoms with van der Waals surface area (Å²) in [5.41, 5.74) is 6.73. The van der Waals surface area contributed by atoms with E-state index in [9.17, 15) is 9.59 Å². The number of hydrogen-bond acceptors (Lipinski definition) is 5. The minimum atomic E-state index is -0.801. The molecule has 8 heteroatoms. The summed E-state index contributed by atoms with van der Waals surface area (Å²) in [6.45, 7) is 6.19. The quantitative estimate of drug-likeness (QED) is 0.607. The first kappa shape index (κ1) is 20.2. The molecule has 0 saturated carbocycles. The van der Waals surface area contributed by atoms with Crippen molar-refractivity contribution >= 4 is 16.9 Å². The van der Waals surface area contributed by atoms with Gasteiger partial charge in [0.25, 0.3) is 5.56 Å². The van der Waals surface area contributed by atoms with Crippen molar-refractivity contribution < 1.29 is 9.53 Å². The number of carbonyl (C=O) groups excluding carboxylic acids is 1. The number of nitrogens with one attached hydrogen (secondary N) is 1. The highest BCUT2D eigenvalue weighted by Crippen LogP contribution is 2.25. The van der Waals surface area contributed by atoms with Crippen LogP contribution in [0.5, 0.6) is 5.75 Å². The zero-order valence-electron chi connectivity index (χ0n) is 17.1. The van der Waals surface area contributed by atoms with Crippen LogP contribution in [0.1, 0.15) is 6.42 Å². The van der Waals surface area contributed by atoms with E-state index in [2.05, 4.69) is 21.8 Å². The first-order valence-corrected chi connectivity index (χ1v) is 10.2. The highest BCUT2D eigenvalue weighted by Gasteiger charge is 2.13. The normalized spacial score (nSPS) is 15.5. The molecule has 1 amide bonds. The maximum Gasteiger partial charge on any atom is 0.325 e. The molecule has 0 radical (unpaired) electrons. The summed E-state index contributed by atoms with van der Waals surface area (Å²) in [7, 11) is 2.16. The molecule has 1 saturated heterocycles. The molecule has 8 nitrogen and oxygen atoms in total. The molecule has 0 atom stereocenters. The second-order valence-electron chi connectivity index (χ2n) is 7.71. The third-order valence-corrected chi connectivity index (χ3v) is 5.55. The van der Waals surface area contributed by atoms with Gasteiger partial charge in [-0.2, -0.15) is 0 Å². The lowest BCUT2D eigenvalue weighted by Crippen LogP contribution is -2.44. The number of primary amides is 1. The molecule has 0 bridgehead atoms. The van der Waals surface area contributed by atoms with Crippen LogP contribution in [0, 0.1) is 0 Å². The number of fused-ring (bicyclic) bond motifs is 1. The number of amides is 1. The lowest BCUT2D eigenvalue weighted by molar-refractivity contribution is 0.145. The minimum absolute atomic E-state index is 0.391. The maximum absolute atomic E-state index is 12.5. The van der Waals surface area contributed by atoms with Gasteiger partial charge in [-0.15, -0.1) is 0 Å². The summed E-state index contributed by atoms with van der Waals surface area (Å²) in [4.78, 5) is 32.0. The van der Waals surface area contributed by atoms with Crippen molar-refractivity contribution in [1.82, 2.24) is 19.4 Å². The van der Waals surface area contributed by atoms with Crippen molar-refractivity contribution in [1.29, 1.82) is 0 Å². The number of nitrogens with zero attached hydrogens (tertiary/aromatic N) is 3. The molecule has 3 N–H and O–H groups in total. The Hall–Kier alpha value is -3.10. The standard InChI is InChI=1S/C22H27N5O3/c1-25-9-11-26(12-10-25)7-3-13-30-17-5-6-19-16(14-17)15-20(24-19)18-4-2-8-27(21(18)28)22(23)29/h2,4-6,8,14-15,24H,3,7,9-13H2,1H3,(H2,23,29). The Labute approximate surface area is 174 Å². The molecular formula is C22H27N5O3. The van der Waals surface area contributed by atoms with Gasteiger partial charge >= 0.3 is 6.03 Å². The summed E-state index contributed by atoms with van der Waals surface area (Å²) in [5, 5.41) is 0.940. The lowest BCUT2D eigenvalue weighted by atomic mass is 10.2. The van der Waals surface area contributed by atoms with Crippen LogP contribution in [0.3, 0.4) is 0 Å². The monoisotopic (exact) mass is 409 g/mol. The van der Waals surface area contributed by atoms with Gasteiger partial charge in [0.2, 0.25) is 0 Å². The Balaban J connectivity index is 1.41. The van der Waals surface area contributed by atoms with Gasteiger partial charge in [0, 0.05) is 49.8 Å². The number of carbonyl (C=O) groups is 1. The van der Waals surface area contributed by atoms with Gasteiger partial charge in [-0.25, -0.2) is 9.36 Å². The van der Waals surface area contributed by atoms with Gasteiger partial charge in [-0.05, 0) is 49.9 Å². The third kappa shape index (κ3) is 4.39. The number of aromatic nitrogens is 2. The molecule has 0 unspecified atom stereocenters. The van der Waals surface area contributed by atoms with Crippen LogP contribution in [0.2, 0.25) is 0 Å². The Bertz CT molecular complexity index is 1100. The molecule has 0 spiro atoms. The molecule has 4 rings (SSSR count). The fraction of sp³-hybridized carbons (Fsp3) is 0.364. The zero-order chi connectivity index (χ0) is 21.1. The van der Waals surface area contributed by atoms with E-state index in [1.807, 2.05) is 24.3 Å². The van der Waals surface area contributed by atoms with E-state index in [4.69, 9.17) is 10.5 Å². The Morgan fingerprint density at radius 1 is 1.17 bits per heavy atom. The van der Waals surface area contributed by atoms with Gasteiger partial charge in [0.15, 0.2) is 0 Å². The molecule has 3 heterocycles. The summed E-state index contributed by atoms with van der Waals surface area (Å²) < 4.78 is 6.84. The zero-order valence-corrected chi connectivity index (χ0v) is 17.1. The van der Waals surface area contributed by atoms with E-state index in [1.165, 1.54) is 6.20 Å². The van der Waals surface area contributed by atoms with Crippen molar-refractivity contribution in [3.8, 4) is 17.0 Å². The smallest absolute Gasteiger partial charge is 0.325 e. The fourth-order valence-electron chi connectivity index (χ4n) is 3.77. The Morgan fingerprint density at radius 2 is 1.97 bits per heavy atom. The van der Waals surface area contributed by atoms with Crippen LogP contribution in [-0.2, 0) is 0 Å². The molecular weight excluding hydrogens is 382 g/mol. The van der Waals surface area contributed by atoms with Crippen LogP contribution in [0.4, 0.5) is 4.79 Å². The van der Waals surface area contributed by atoms with E-state index in [1.54, 1.807) is 12.1 Å². The average Bonchev–Trinajstić information content (AvgIpc) is 3.15. The number of likely N-dealkylation sites (N-methyl/N-ethyl adjacent to an activating group) is 1. The highest BCUT2D eigenvalue weighted by molar-refractivity contribution is 5.87. The van der Waals surface area contributed by atoms with Crippen LogP contribution in [0.15, 0.2) is 47.4 Å². The number of nitrogens with two attached hydrogens (primary N) is 1. The van der Waals surface area contributed by atoms with Gasteiger partial charge in [0.05, 0.1) is 17.9 Å². The number of aromatic amines is 1. The maximum atomic E-state index is 12.5. The van der Waals surface area contributed by atoms with E-state index < -0.39 is 11.6 Å². The largest absolute Gasteiger partial charge is 0.494 e. The average molecular weight is 409 g/mol. The van der Waals surface area contributed by atoms with Crippen LogP contribution >= 0.6 is 0 Å². The predicted molar refractivity (Wildman–Crippen MR) is 117 cm³/mol. The number of hydrogen-bond donors (Lipinski definition) is 2. The number of pyridine rings is 1. The first-order chi connectivity index (χ1) is 14.5. The third-order valence-electron chi connectivity index (χ3n) is 5.55. The van der Waals surface area contributed by atoms with E-state index in [0.29, 0.717) is 17.9 Å². The van der Waals surface area contributed by atoms with E-state index >= 15 is 0 Å². The summed E-state index contributed by atoms with van der Waals surface area (Å²) in [5.74, 6) is 0.800. The van der Waals surface area contributed by atoms with Gasteiger partial charge in [-0.3, -0.25) is 4.79 Å². The van der Waals surface area contributed by atoms with Gasteiger partial charge < -0.3 is 25.3 Å². The molecule has 1 aliphatic rings. The molecule has 0 aliphatic carbocycles. The Morgan fingerprint density at radius 3 is 2.73 bits per heavy atom. The number of benzene rings is 1. The van der Waals surface area contributed by atoms with Crippen LogP contribution in [0.25, 0.3) is 22.2 Å². The molecule has 2 aromatic heterocycles. The highest BCUT2D eigenvalue weighted by atomic mass is 16.5. The van der Waals surface area contributed by atoms with Gasteiger partial charge in [0.1, 0.15) is 5.75 Å². The van der Waals surface area contributed by atoms with Crippen molar-refractivity contribution in [3.05, 3.63) is 52.9 Å². The number of rotatable bonds is 6. The SMILES string of the molecule is CN1CCN(CCCOc2ccc3[nH]c(-c4cccn(C(N)=O)c4=O)cc3c2)CC1. The van der Waals surface area contributed by atoms with E-state index in [-0.39, 0.29) is 0 Å². The molecule has 1 aromatic carbocycles. The summed E-state index contributed by atoms with van der Waals surface area (Å²) in [6.07, 6.45) is 2.35. The predicted octanol–water partition coefficient (Wildman–Crippen LogP) is 1.94. The van der Waals surface area contributed by atoms with E-state index in [0.717, 1.165) is 60.4 Å². The first-order valence-electron chi connectivity index (χ1n) is 10.2. The van der Waals surface area contributed by atoms with Crippen molar-refractivity contribution in [2.45, 2.75) is 6.42 Å². The number of piperazine rings is 1. The lowest BCUT2D eigenvalue weighted by Gasteiger charge is -2.32. The van der Waals surface area contributed by atoms with Crippen molar-refractivity contribution in [3.63, 3.8) is 0 Å². The Kier molecular flexibility index (Phi) is 5.87. The van der Waals surface area contributed by atoms with Gasteiger partial charge in [-0.1, -0.05) is 0 Å². The molecule has 30 heavy (non-hydrogen) atoms. The van der Waals surface area contributed by atoms with Crippen molar-refractivity contribution in [2.75, 3.05) is 46.4 Å². The fourth-order valence-corrected chi connectivity index (χ4v) is 3.77. The minimum Gasteiger partial charge on any atom is -0.494 e. The second-order valence-corrected chi connectivity index (χ2v) is 7.71. The molecule has 3 aromatic rings. The molecule has 1 aliphatic heterocycles. The van der Waals surface area contributed by atoms with Crippen molar-refractivity contribution in [2.24, 2.45) is 5.73 Å².